The van der Waals surface area contributed by atoms with Crippen molar-refractivity contribution < 1.29 is 42.7 Å². The standard InChI is InChI=1S/C45H76NO9P/c1-3-5-7-9-11-13-15-17-19-21-22-24-26-28-30-32-34-42(47)36-37-45(49)55-43(41-54-56(50,51)53-39-38-46)40-52-44(48)35-33-31-29-27-25-23-20-18-16-14-12-10-8-6-4-2/h5,7,11,13-14,16-17,19,22,24,28,30,32,34,42-43,47H,3-4,6,8-10,12,15,18,20-21,23,25-27,29,31,33,35-41,46H2,1-2H3,(H,50,51)/b7-5-,13-11-,16-14-,19-17-,24-22-,30-28-,34-32-/t42?,43-/m1/s1. The number of carbonyl (C=O) groups is 2. The zero-order valence-corrected chi connectivity index (χ0v) is 35.6. The number of nitrogens with two attached hydrogens (primary N) is 1. The number of hydrogen-bond donors (Lipinski definition) is 3. The highest BCUT2D eigenvalue weighted by molar-refractivity contribution is 7.47. The summed E-state index contributed by atoms with van der Waals surface area (Å²) in [6.07, 6.45) is 46.6. The van der Waals surface area contributed by atoms with Gasteiger partial charge in [0.2, 0.25) is 0 Å². The molecule has 10 nitrogen and oxygen atoms in total. The molecule has 0 aliphatic rings. The molecule has 56 heavy (non-hydrogen) atoms. The molecule has 3 atom stereocenters. The van der Waals surface area contributed by atoms with Crippen LogP contribution >= 0.6 is 7.82 Å². The van der Waals surface area contributed by atoms with Gasteiger partial charge in [0, 0.05) is 19.4 Å². The Kier molecular flexibility index (Phi) is 38.3. The smallest absolute Gasteiger partial charge is 0.462 e. The molecule has 0 aromatic heterocycles. The minimum Gasteiger partial charge on any atom is -0.462 e. The Morgan fingerprint density at radius 2 is 1.20 bits per heavy atom. The summed E-state index contributed by atoms with van der Waals surface area (Å²) in [6.45, 7) is 3.30. The van der Waals surface area contributed by atoms with Gasteiger partial charge in [-0.25, -0.2) is 4.57 Å². The third-order valence-corrected chi connectivity index (χ3v) is 9.37. The number of allylic oxidation sites excluding steroid dienone is 13. The molecule has 0 aromatic rings. The maximum atomic E-state index is 12.6. The number of aliphatic hydroxyl groups excluding tert-OH is 1. The molecule has 0 spiro atoms. The van der Waals surface area contributed by atoms with Crippen molar-refractivity contribution in [3.8, 4) is 0 Å². The minimum atomic E-state index is -4.45. The van der Waals surface area contributed by atoms with E-state index in [2.05, 4.69) is 74.6 Å². The van der Waals surface area contributed by atoms with Crippen LogP contribution in [0.1, 0.15) is 149 Å². The molecule has 11 heteroatoms. The zero-order valence-electron chi connectivity index (χ0n) is 34.7. The van der Waals surface area contributed by atoms with Gasteiger partial charge >= 0.3 is 19.8 Å². The second kappa shape index (κ2) is 40.4. The van der Waals surface area contributed by atoms with Gasteiger partial charge in [0.1, 0.15) is 6.61 Å². The number of phosphoric acid groups is 1. The summed E-state index contributed by atoms with van der Waals surface area (Å²) in [5.74, 6) is -1.12. The molecule has 0 aromatic carbocycles. The summed E-state index contributed by atoms with van der Waals surface area (Å²) in [5, 5.41) is 10.3. The Morgan fingerprint density at radius 1 is 0.643 bits per heavy atom. The summed E-state index contributed by atoms with van der Waals surface area (Å²) in [6, 6.07) is 0. The SMILES string of the molecule is CC/C=C\C/C=C\C/C=C\C/C=C\C/C=C\C=C/C(O)CCC(=O)O[C@H](COC(=O)CCCCCCCCC/C=C\CCCCCC)COP(=O)(O)OCCN. The molecule has 0 radical (unpaired) electrons. The molecule has 0 saturated carbocycles. The maximum Gasteiger partial charge on any atom is 0.472 e. The minimum absolute atomic E-state index is 0.0126. The van der Waals surface area contributed by atoms with Gasteiger partial charge in [0.25, 0.3) is 0 Å². The molecule has 2 unspecified atom stereocenters. The Balaban J connectivity index is 4.44. The van der Waals surface area contributed by atoms with Crippen molar-refractivity contribution in [1.29, 1.82) is 0 Å². The van der Waals surface area contributed by atoms with Crippen LogP contribution in [0.15, 0.2) is 85.1 Å². The lowest BCUT2D eigenvalue weighted by molar-refractivity contribution is -0.161. The molecular weight excluding hydrogens is 729 g/mol. The second-order valence-electron chi connectivity index (χ2n) is 13.7. The fourth-order valence-electron chi connectivity index (χ4n) is 5.21. The van der Waals surface area contributed by atoms with Crippen LogP contribution in [0.2, 0.25) is 0 Å². The van der Waals surface area contributed by atoms with E-state index in [0.717, 1.165) is 57.8 Å². The Bertz CT molecular complexity index is 1210. The van der Waals surface area contributed by atoms with Gasteiger partial charge < -0.3 is 25.2 Å². The molecule has 0 bridgehead atoms. The van der Waals surface area contributed by atoms with Crippen LogP contribution in [0, 0.1) is 0 Å². The van der Waals surface area contributed by atoms with Crippen molar-refractivity contribution in [3.05, 3.63) is 85.1 Å². The van der Waals surface area contributed by atoms with Crippen LogP contribution < -0.4 is 5.73 Å². The van der Waals surface area contributed by atoms with E-state index in [9.17, 15) is 24.2 Å². The van der Waals surface area contributed by atoms with Crippen LogP contribution in [-0.2, 0) is 32.7 Å². The molecule has 0 heterocycles. The fourth-order valence-corrected chi connectivity index (χ4v) is 5.97. The van der Waals surface area contributed by atoms with Crippen molar-refractivity contribution in [2.45, 2.75) is 161 Å². The number of carbonyl (C=O) groups excluding carboxylic acids is 2. The number of rotatable bonds is 38. The van der Waals surface area contributed by atoms with E-state index in [4.69, 9.17) is 24.3 Å². The maximum absolute atomic E-state index is 12.6. The molecule has 0 aliphatic carbocycles. The normalized spacial score (nSPS) is 14.7. The lowest BCUT2D eigenvalue weighted by Crippen LogP contribution is -2.30. The molecule has 0 amide bonds. The predicted molar refractivity (Wildman–Crippen MR) is 230 cm³/mol. The molecule has 0 rings (SSSR count). The highest BCUT2D eigenvalue weighted by atomic mass is 31.2. The van der Waals surface area contributed by atoms with E-state index < -0.39 is 38.6 Å². The predicted octanol–water partition coefficient (Wildman–Crippen LogP) is 11.0. The number of hydrogen-bond acceptors (Lipinski definition) is 9. The highest BCUT2D eigenvalue weighted by Crippen LogP contribution is 2.43. The number of esters is 2. The first-order valence-corrected chi connectivity index (χ1v) is 22.7. The van der Waals surface area contributed by atoms with Gasteiger partial charge in [-0.1, -0.05) is 150 Å². The van der Waals surface area contributed by atoms with Gasteiger partial charge in [-0.15, -0.1) is 0 Å². The van der Waals surface area contributed by atoms with Crippen molar-refractivity contribution in [1.82, 2.24) is 0 Å². The molecular formula is C45H76NO9P. The van der Waals surface area contributed by atoms with Gasteiger partial charge in [-0.3, -0.25) is 18.6 Å². The van der Waals surface area contributed by atoms with Gasteiger partial charge in [-0.2, -0.15) is 0 Å². The average Bonchev–Trinajstić information content (AvgIpc) is 3.18. The Labute approximate surface area is 339 Å². The van der Waals surface area contributed by atoms with E-state index in [1.165, 1.54) is 51.4 Å². The first-order valence-electron chi connectivity index (χ1n) is 21.2. The quantitative estimate of drug-likeness (QED) is 0.0180. The Morgan fingerprint density at radius 3 is 1.79 bits per heavy atom. The van der Waals surface area contributed by atoms with E-state index in [1.807, 2.05) is 12.2 Å². The van der Waals surface area contributed by atoms with E-state index in [1.54, 1.807) is 12.2 Å². The van der Waals surface area contributed by atoms with Crippen molar-refractivity contribution in [3.63, 3.8) is 0 Å². The summed E-state index contributed by atoms with van der Waals surface area (Å²) in [7, 11) is -4.45. The Hall–Kier alpha value is -2.85. The molecule has 0 fully saturated rings. The van der Waals surface area contributed by atoms with Gasteiger partial charge in [-0.05, 0) is 70.6 Å². The summed E-state index contributed by atoms with van der Waals surface area (Å²) in [4.78, 5) is 34.9. The van der Waals surface area contributed by atoms with Crippen molar-refractivity contribution in [2.24, 2.45) is 5.73 Å². The largest absolute Gasteiger partial charge is 0.472 e. The number of unbranched alkanes of at least 4 members (excludes halogenated alkanes) is 11. The average molecular weight is 806 g/mol. The van der Waals surface area contributed by atoms with Crippen molar-refractivity contribution in [2.75, 3.05) is 26.4 Å². The second-order valence-corrected chi connectivity index (χ2v) is 15.1. The lowest BCUT2D eigenvalue weighted by atomic mass is 10.1. The van der Waals surface area contributed by atoms with Gasteiger partial charge in [0.05, 0.1) is 19.3 Å². The summed E-state index contributed by atoms with van der Waals surface area (Å²) in [5.41, 5.74) is 5.33. The third-order valence-electron chi connectivity index (χ3n) is 8.38. The van der Waals surface area contributed by atoms with E-state index in [-0.39, 0.29) is 39.0 Å². The fraction of sp³-hybridized carbons (Fsp3) is 0.644. The van der Waals surface area contributed by atoms with Crippen molar-refractivity contribution >= 4 is 19.8 Å². The monoisotopic (exact) mass is 806 g/mol. The number of ether oxygens (including phenoxy) is 2. The number of phosphoric ester groups is 1. The first kappa shape index (κ1) is 53.1. The molecule has 4 N–H and O–H groups in total. The zero-order chi connectivity index (χ0) is 41.2. The topological polar surface area (TPSA) is 155 Å². The van der Waals surface area contributed by atoms with Crippen LogP contribution in [0.5, 0.6) is 0 Å². The molecule has 320 valence electrons. The molecule has 0 aliphatic heterocycles. The van der Waals surface area contributed by atoms with Gasteiger partial charge in [0.15, 0.2) is 6.10 Å². The van der Waals surface area contributed by atoms with E-state index >= 15 is 0 Å². The summed E-state index contributed by atoms with van der Waals surface area (Å²) >= 11 is 0. The van der Waals surface area contributed by atoms with Crippen LogP contribution in [0.3, 0.4) is 0 Å². The highest BCUT2D eigenvalue weighted by Gasteiger charge is 2.26. The van der Waals surface area contributed by atoms with E-state index in [0.29, 0.717) is 6.42 Å². The summed E-state index contributed by atoms with van der Waals surface area (Å²) < 4.78 is 32.5. The first-order chi connectivity index (χ1) is 27.2. The van der Waals surface area contributed by atoms with Crippen LogP contribution in [-0.4, -0.2) is 60.5 Å². The number of aliphatic hydroxyl groups is 1. The van der Waals surface area contributed by atoms with Crippen LogP contribution in [0.4, 0.5) is 0 Å². The molecule has 0 saturated heterocycles. The third kappa shape index (κ3) is 39.4. The van der Waals surface area contributed by atoms with Crippen LogP contribution in [0.25, 0.3) is 0 Å². The lowest BCUT2D eigenvalue weighted by Gasteiger charge is -2.20.